The predicted octanol–water partition coefficient (Wildman–Crippen LogP) is 14.1. The van der Waals surface area contributed by atoms with Crippen molar-refractivity contribution in [1.29, 1.82) is 0 Å². The van der Waals surface area contributed by atoms with Gasteiger partial charge in [-0.3, -0.25) is 4.98 Å². The van der Waals surface area contributed by atoms with Crippen molar-refractivity contribution < 1.29 is 4.42 Å². The summed E-state index contributed by atoms with van der Waals surface area (Å²) in [4.78, 5) is 14.4. The summed E-state index contributed by atoms with van der Waals surface area (Å²) in [5, 5.41) is 4.78. The monoisotopic (exact) mass is 733 g/mol. The SMILES string of the molecule is c1ccc(-c2nc(-c3ccc(-c4ccc(-c5ccc6sc7ccccc7c6c5)c5oc6ccccc6c45)cc3)cc(-c3cccc(-c4ccncc4)c3)n2)cc1. The molecule has 11 rings (SSSR count). The van der Waals surface area contributed by atoms with Gasteiger partial charge in [-0.05, 0) is 82.4 Å². The van der Waals surface area contributed by atoms with Crippen LogP contribution in [0.4, 0.5) is 0 Å². The largest absolute Gasteiger partial charge is 0.455 e. The second-order valence-corrected chi connectivity index (χ2v) is 15.1. The summed E-state index contributed by atoms with van der Waals surface area (Å²) in [7, 11) is 0. The summed E-state index contributed by atoms with van der Waals surface area (Å²) in [6.07, 6.45) is 3.64. The maximum absolute atomic E-state index is 6.70. The van der Waals surface area contributed by atoms with E-state index in [1.165, 1.54) is 20.2 Å². The third-order valence-electron chi connectivity index (χ3n) is 10.6. The number of nitrogens with zero attached hydrogens (tertiary/aromatic N) is 3. The van der Waals surface area contributed by atoms with Gasteiger partial charge in [0.2, 0.25) is 0 Å². The van der Waals surface area contributed by atoms with Crippen molar-refractivity contribution in [2.24, 2.45) is 0 Å². The zero-order chi connectivity index (χ0) is 37.0. The standard InChI is InChI=1S/C51H31N3OS/c1-2-9-35(10-3-1)51-53-44(31-45(54-51)38-12-8-11-36(29-38)32-25-27-52-28-26-32)34-19-17-33(18-20-34)39-22-23-40(50-49(39)42-14-4-6-15-46(42)55-50)37-21-24-48-43(30-37)41-13-5-7-16-47(41)56-48/h1-31H. The van der Waals surface area contributed by atoms with Crippen LogP contribution in [0, 0.1) is 0 Å². The molecular weight excluding hydrogens is 703 g/mol. The molecule has 11 aromatic rings. The average molecular weight is 734 g/mol. The minimum absolute atomic E-state index is 0.687. The molecule has 0 amide bonds. The Morgan fingerprint density at radius 3 is 1.91 bits per heavy atom. The maximum Gasteiger partial charge on any atom is 0.160 e. The first-order valence-corrected chi connectivity index (χ1v) is 19.5. The van der Waals surface area contributed by atoms with Crippen LogP contribution in [0.25, 0.3) is 109 Å². The van der Waals surface area contributed by atoms with Crippen LogP contribution in [-0.2, 0) is 0 Å². The van der Waals surface area contributed by atoms with E-state index in [-0.39, 0.29) is 0 Å². The first-order valence-electron chi connectivity index (χ1n) is 18.7. The maximum atomic E-state index is 6.70. The minimum atomic E-state index is 0.687. The summed E-state index contributed by atoms with van der Waals surface area (Å²) in [6.45, 7) is 0. The molecule has 0 fully saturated rings. The van der Waals surface area contributed by atoms with Gasteiger partial charge in [0.05, 0.1) is 11.4 Å². The van der Waals surface area contributed by atoms with Gasteiger partial charge < -0.3 is 4.42 Å². The second kappa shape index (κ2) is 13.3. The zero-order valence-corrected chi connectivity index (χ0v) is 30.9. The van der Waals surface area contributed by atoms with Crippen molar-refractivity contribution in [3.05, 3.63) is 188 Å². The van der Waals surface area contributed by atoms with Gasteiger partial charge in [0.25, 0.3) is 0 Å². The molecule has 4 aromatic heterocycles. The third-order valence-corrected chi connectivity index (χ3v) is 11.8. The van der Waals surface area contributed by atoms with Gasteiger partial charge in [-0.25, -0.2) is 9.97 Å². The number of hydrogen-bond acceptors (Lipinski definition) is 5. The molecule has 0 aliphatic carbocycles. The van der Waals surface area contributed by atoms with E-state index < -0.39 is 0 Å². The third kappa shape index (κ3) is 5.56. The highest BCUT2D eigenvalue weighted by Gasteiger charge is 2.19. The Bertz CT molecular complexity index is 3240. The Balaban J connectivity index is 1.02. The molecule has 0 saturated heterocycles. The van der Waals surface area contributed by atoms with Crippen molar-refractivity contribution in [3.63, 3.8) is 0 Å². The normalized spacial score (nSPS) is 11.6. The molecule has 4 nitrogen and oxygen atoms in total. The van der Waals surface area contributed by atoms with Crippen molar-refractivity contribution >= 4 is 53.4 Å². The minimum Gasteiger partial charge on any atom is -0.455 e. The molecule has 0 radical (unpaired) electrons. The van der Waals surface area contributed by atoms with Crippen LogP contribution in [-0.4, -0.2) is 15.0 Å². The first-order chi connectivity index (χ1) is 27.7. The fourth-order valence-electron chi connectivity index (χ4n) is 7.87. The van der Waals surface area contributed by atoms with E-state index in [0.29, 0.717) is 5.82 Å². The molecule has 0 spiro atoms. The number of benzene rings is 7. The molecule has 0 aliphatic heterocycles. The van der Waals surface area contributed by atoms with Crippen LogP contribution in [0.5, 0.6) is 0 Å². The predicted molar refractivity (Wildman–Crippen MR) is 233 cm³/mol. The Morgan fingerprint density at radius 2 is 1.05 bits per heavy atom. The van der Waals surface area contributed by atoms with Crippen LogP contribution in [0.3, 0.4) is 0 Å². The van der Waals surface area contributed by atoms with Crippen molar-refractivity contribution in [1.82, 2.24) is 15.0 Å². The van der Waals surface area contributed by atoms with E-state index in [9.17, 15) is 0 Å². The second-order valence-electron chi connectivity index (χ2n) is 14.0. The van der Waals surface area contributed by atoms with Gasteiger partial charge in [-0.1, -0.05) is 121 Å². The lowest BCUT2D eigenvalue weighted by molar-refractivity contribution is 0.670. The number of thiophene rings is 1. The van der Waals surface area contributed by atoms with E-state index in [0.717, 1.165) is 83.4 Å². The number of rotatable bonds is 6. The quantitative estimate of drug-likeness (QED) is 0.171. The van der Waals surface area contributed by atoms with E-state index in [4.69, 9.17) is 14.4 Å². The summed E-state index contributed by atoms with van der Waals surface area (Å²) < 4.78 is 9.30. The summed E-state index contributed by atoms with van der Waals surface area (Å²) in [5.41, 5.74) is 13.2. The summed E-state index contributed by atoms with van der Waals surface area (Å²) in [5.74, 6) is 0.687. The van der Waals surface area contributed by atoms with Gasteiger partial charge in [-0.15, -0.1) is 11.3 Å². The first kappa shape index (κ1) is 32.2. The van der Waals surface area contributed by atoms with E-state index in [2.05, 4.69) is 145 Å². The summed E-state index contributed by atoms with van der Waals surface area (Å²) >= 11 is 1.84. The Morgan fingerprint density at radius 1 is 0.393 bits per heavy atom. The molecule has 4 heterocycles. The van der Waals surface area contributed by atoms with Crippen molar-refractivity contribution in [2.45, 2.75) is 0 Å². The highest BCUT2D eigenvalue weighted by atomic mass is 32.1. The van der Waals surface area contributed by atoms with Crippen LogP contribution < -0.4 is 0 Å². The fourth-order valence-corrected chi connectivity index (χ4v) is 8.96. The number of fused-ring (bicyclic) bond motifs is 6. The molecule has 56 heavy (non-hydrogen) atoms. The zero-order valence-electron chi connectivity index (χ0n) is 30.1. The molecule has 5 heteroatoms. The average Bonchev–Trinajstić information content (AvgIpc) is 3.85. The smallest absolute Gasteiger partial charge is 0.160 e. The number of furan rings is 1. The molecule has 7 aromatic carbocycles. The topological polar surface area (TPSA) is 51.8 Å². The molecule has 0 bridgehead atoms. The Hall–Kier alpha value is -7.21. The number of para-hydroxylation sites is 1. The van der Waals surface area contributed by atoms with Crippen molar-refractivity contribution in [3.8, 4) is 67.3 Å². The number of aromatic nitrogens is 3. The van der Waals surface area contributed by atoms with Crippen LogP contribution in [0.15, 0.2) is 193 Å². The van der Waals surface area contributed by atoms with Crippen LogP contribution in [0.1, 0.15) is 0 Å². The fraction of sp³-hybridized carbons (Fsp3) is 0. The molecule has 0 saturated carbocycles. The highest BCUT2D eigenvalue weighted by molar-refractivity contribution is 7.25. The van der Waals surface area contributed by atoms with Crippen molar-refractivity contribution in [2.75, 3.05) is 0 Å². The van der Waals surface area contributed by atoms with E-state index in [1.54, 1.807) is 0 Å². The highest BCUT2D eigenvalue weighted by Crippen LogP contribution is 2.44. The molecular formula is C51H31N3OS. The van der Waals surface area contributed by atoms with Gasteiger partial charge in [0, 0.05) is 65.6 Å². The lowest BCUT2D eigenvalue weighted by atomic mass is 9.93. The summed E-state index contributed by atoms with van der Waals surface area (Å²) in [6, 6.07) is 61.8. The molecule has 0 atom stereocenters. The van der Waals surface area contributed by atoms with Crippen LogP contribution >= 0.6 is 11.3 Å². The number of hydrogen-bond donors (Lipinski definition) is 0. The lowest BCUT2D eigenvalue weighted by Gasteiger charge is -2.12. The molecule has 0 aliphatic rings. The van der Waals surface area contributed by atoms with E-state index >= 15 is 0 Å². The lowest BCUT2D eigenvalue weighted by Crippen LogP contribution is -1.96. The van der Waals surface area contributed by atoms with Gasteiger partial charge in [-0.2, -0.15) is 0 Å². The molecule has 0 unspecified atom stereocenters. The molecule has 0 N–H and O–H groups in total. The van der Waals surface area contributed by atoms with Crippen LogP contribution in [0.2, 0.25) is 0 Å². The number of pyridine rings is 1. The van der Waals surface area contributed by atoms with Gasteiger partial charge in [0.1, 0.15) is 11.2 Å². The Labute approximate surface area is 327 Å². The van der Waals surface area contributed by atoms with Gasteiger partial charge in [0.15, 0.2) is 5.82 Å². The van der Waals surface area contributed by atoms with Gasteiger partial charge >= 0.3 is 0 Å². The van der Waals surface area contributed by atoms with E-state index in [1.807, 2.05) is 60.1 Å². The Kier molecular flexibility index (Phi) is 7.64. The molecule has 262 valence electrons.